The number of hydrogen-bond donors (Lipinski definition) is 0. The van der Waals surface area contributed by atoms with Gasteiger partial charge < -0.3 is 9.47 Å². The van der Waals surface area contributed by atoms with E-state index in [1.165, 1.54) is 0 Å². The van der Waals surface area contributed by atoms with Crippen LogP contribution in [-0.4, -0.2) is 19.3 Å². The number of hydrogen-bond acceptors (Lipinski definition) is 2. The minimum atomic E-state index is 0.257. The Morgan fingerprint density at radius 2 is 2.08 bits per heavy atom. The summed E-state index contributed by atoms with van der Waals surface area (Å²) in [5.41, 5.74) is 0. The quantitative estimate of drug-likeness (QED) is 0.664. The molecule has 1 aliphatic heterocycles. The molecule has 0 aromatic heterocycles. The highest BCUT2D eigenvalue weighted by atomic mass is 16.5. The van der Waals surface area contributed by atoms with Gasteiger partial charge in [0, 0.05) is 6.42 Å². The van der Waals surface area contributed by atoms with E-state index in [2.05, 4.69) is 0 Å². The van der Waals surface area contributed by atoms with Gasteiger partial charge in [-0.2, -0.15) is 0 Å². The minimum absolute atomic E-state index is 0.257. The average Bonchev–Trinajstić information content (AvgIpc) is 2.59. The van der Waals surface area contributed by atoms with Gasteiger partial charge in [0.15, 0.2) is 0 Å². The van der Waals surface area contributed by atoms with E-state index in [-0.39, 0.29) is 6.10 Å². The molecule has 1 heterocycles. The summed E-state index contributed by atoms with van der Waals surface area (Å²) in [5, 5.41) is 0. The third kappa shape index (κ3) is 1.77. The zero-order chi connectivity index (χ0) is 8.23. The second-order valence-electron chi connectivity index (χ2n) is 2.92. The maximum atomic E-state index is 5.65. The lowest BCUT2D eigenvalue weighted by molar-refractivity contribution is 0.141. The molecule has 1 aliphatic rings. The molecule has 0 N–H and O–H groups in total. The molecular formula is C10H12O2. The van der Waals surface area contributed by atoms with E-state index in [4.69, 9.17) is 9.47 Å². The summed E-state index contributed by atoms with van der Waals surface area (Å²) in [5.74, 6) is 0.938. The monoisotopic (exact) mass is 164 g/mol. The van der Waals surface area contributed by atoms with E-state index in [0.29, 0.717) is 0 Å². The number of benzene rings is 1. The van der Waals surface area contributed by atoms with Crippen LogP contribution >= 0.6 is 0 Å². The first kappa shape index (κ1) is 7.62. The van der Waals surface area contributed by atoms with E-state index in [9.17, 15) is 0 Å². The van der Waals surface area contributed by atoms with Gasteiger partial charge in [0.1, 0.15) is 11.9 Å². The lowest BCUT2D eigenvalue weighted by Gasteiger charge is -2.10. The predicted octanol–water partition coefficient (Wildman–Crippen LogP) is 1.85. The molecule has 1 saturated heterocycles. The molecule has 2 nitrogen and oxygen atoms in total. The first-order valence-electron chi connectivity index (χ1n) is 4.24. The zero-order valence-electron chi connectivity index (χ0n) is 6.90. The van der Waals surface area contributed by atoms with Crippen LogP contribution in [-0.2, 0) is 4.74 Å². The Morgan fingerprint density at radius 3 is 2.75 bits per heavy atom. The first-order chi connectivity index (χ1) is 5.95. The number of rotatable bonds is 2. The van der Waals surface area contributed by atoms with Crippen LogP contribution in [0.25, 0.3) is 0 Å². The van der Waals surface area contributed by atoms with Crippen LogP contribution in [0, 0.1) is 0 Å². The molecule has 1 aromatic rings. The standard InChI is InChI=1S/C10H12O2/c1-2-4-9(5-3-1)12-10-6-7-11-8-10/h1-5,10H,6-8H2/t10-/m1/s1. The van der Waals surface area contributed by atoms with Gasteiger partial charge in [0.25, 0.3) is 0 Å². The third-order valence-electron chi connectivity index (χ3n) is 1.93. The second-order valence-corrected chi connectivity index (χ2v) is 2.92. The largest absolute Gasteiger partial charge is 0.488 e. The Kier molecular flexibility index (Phi) is 2.28. The SMILES string of the molecule is c1ccc(O[C@@H]2CCOC2)cc1. The summed E-state index contributed by atoms with van der Waals surface area (Å²) < 4.78 is 10.9. The highest BCUT2D eigenvalue weighted by Crippen LogP contribution is 2.15. The maximum absolute atomic E-state index is 5.65. The van der Waals surface area contributed by atoms with Crippen LogP contribution < -0.4 is 4.74 Å². The van der Waals surface area contributed by atoms with E-state index in [1.54, 1.807) is 0 Å². The summed E-state index contributed by atoms with van der Waals surface area (Å²) >= 11 is 0. The van der Waals surface area contributed by atoms with Gasteiger partial charge in [-0.1, -0.05) is 18.2 Å². The molecule has 0 aliphatic carbocycles. The summed E-state index contributed by atoms with van der Waals surface area (Å²) in [6, 6.07) is 9.88. The van der Waals surface area contributed by atoms with Crippen molar-refractivity contribution in [3.63, 3.8) is 0 Å². The van der Waals surface area contributed by atoms with Crippen molar-refractivity contribution in [3.05, 3.63) is 30.3 Å². The van der Waals surface area contributed by atoms with E-state index < -0.39 is 0 Å². The molecule has 1 fully saturated rings. The molecule has 0 amide bonds. The van der Waals surface area contributed by atoms with Crippen LogP contribution in [0.2, 0.25) is 0 Å². The van der Waals surface area contributed by atoms with Crippen molar-refractivity contribution in [1.29, 1.82) is 0 Å². The van der Waals surface area contributed by atoms with E-state index in [0.717, 1.165) is 25.4 Å². The van der Waals surface area contributed by atoms with Crippen LogP contribution in [0.1, 0.15) is 6.42 Å². The minimum Gasteiger partial charge on any atom is -0.488 e. The fraction of sp³-hybridized carbons (Fsp3) is 0.400. The maximum Gasteiger partial charge on any atom is 0.124 e. The number of para-hydroxylation sites is 1. The van der Waals surface area contributed by atoms with Gasteiger partial charge >= 0.3 is 0 Å². The van der Waals surface area contributed by atoms with Crippen molar-refractivity contribution in [3.8, 4) is 5.75 Å². The molecule has 2 heteroatoms. The molecule has 0 unspecified atom stereocenters. The lowest BCUT2D eigenvalue weighted by Crippen LogP contribution is -2.15. The average molecular weight is 164 g/mol. The van der Waals surface area contributed by atoms with Crippen LogP contribution in [0.3, 0.4) is 0 Å². The van der Waals surface area contributed by atoms with Crippen molar-refractivity contribution >= 4 is 0 Å². The third-order valence-corrected chi connectivity index (χ3v) is 1.93. The highest BCUT2D eigenvalue weighted by molar-refractivity contribution is 5.21. The number of ether oxygens (including phenoxy) is 2. The van der Waals surface area contributed by atoms with Gasteiger partial charge in [0.05, 0.1) is 13.2 Å². The molecule has 0 spiro atoms. The smallest absolute Gasteiger partial charge is 0.124 e. The Hall–Kier alpha value is -1.02. The molecular weight excluding hydrogens is 152 g/mol. The summed E-state index contributed by atoms with van der Waals surface area (Å²) in [4.78, 5) is 0. The fourth-order valence-corrected chi connectivity index (χ4v) is 1.30. The Labute approximate surface area is 72.1 Å². The fourth-order valence-electron chi connectivity index (χ4n) is 1.30. The van der Waals surface area contributed by atoms with Crippen molar-refractivity contribution in [2.45, 2.75) is 12.5 Å². The molecule has 64 valence electrons. The van der Waals surface area contributed by atoms with Gasteiger partial charge in [-0.25, -0.2) is 0 Å². The summed E-state index contributed by atoms with van der Waals surface area (Å²) in [7, 11) is 0. The predicted molar refractivity (Wildman–Crippen MR) is 46.3 cm³/mol. The molecule has 1 aromatic carbocycles. The van der Waals surface area contributed by atoms with Gasteiger partial charge in [-0.15, -0.1) is 0 Å². The van der Waals surface area contributed by atoms with Crippen LogP contribution in [0.5, 0.6) is 5.75 Å². The summed E-state index contributed by atoms with van der Waals surface area (Å²) in [6.45, 7) is 1.56. The first-order valence-corrected chi connectivity index (χ1v) is 4.24. The van der Waals surface area contributed by atoms with Crippen molar-refractivity contribution in [2.75, 3.05) is 13.2 Å². The Balaban J connectivity index is 1.94. The summed E-state index contributed by atoms with van der Waals surface area (Å²) in [6.07, 6.45) is 1.27. The molecule has 12 heavy (non-hydrogen) atoms. The normalized spacial score (nSPS) is 22.5. The molecule has 0 saturated carbocycles. The van der Waals surface area contributed by atoms with Crippen molar-refractivity contribution < 1.29 is 9.47 Å². The van der Waals surface area contributed by atoms with E-state index in [1.807, 2.05) is 30.3 Å². The highest BCUT2D eigenvalue weighted by Gasteiger charge is 2.16. The molecule has 0 bridgehead atoms. The van der Waals surface area contributed by atoms with Crippen LogP contribution in [0.15, 0.2) is 30.3 Å². The molecule has 2 rings (SSSR count). The second kappa shape index (κ2) is 3.59. The van der Waals surface area contributed by atoms with Crippen molar-refractivity contribution in [2.24, 2.45) is 0 Å². The van der Waals surface area contributed by atoms with Crippen LogP contribution in [0.4, 0.5) is 0 Å². The van der Waals surface area contributed by atoms with Gasteiger partial charge in [-0.3, -0.25) is 0 Å². The van der Waals surface area contributed by atoms with Crippen molar-refractivity contribution in [1.82, 2.24) is 0 Å². The molecule has 0 radical (unpaired) electrons. The topological polar surface area (TPSA) is 18.5 Å². The van der Waals surface area contributed by atoms with E-state index >= 15 is 0 Å². The Bertz CT molecular complexity index is 227. The van der Waals surface area contributed by atoms with Gasteiger partial charge in [0.2, 0.25) is 0 Å². The Morgan fingerprint density at radius 1 is 1.25 bits per heavy atom. The lowest BCUT2D eigenvalue weighted by atomic mass is 10.3. The molecule has 1 atom stereocenters. The zero-order valence-corrected chi connectivity index (χ0v) is 6.90. The van der Waals surface area contributed by atoms with Gasteiger partial charge in [-0.05, 0) is 12.1 Å².